The Balaban J connectivity index is 1.14. The third-order valence-electron chi connectivity index (χ3n) is 8.85. The van der Waals surface area contributed by atoms with Crippen LogP contribution in [-0.2, 0) is 11.3 Å². The van der Waals surface area contributed by atoms with Gasteiger partial charge in [0.25, 0.3) is 5.56 Å². The van der Waals surface area contributed by atoms with E-state index in [1.54, 1.807) is 13.2 Å². The molecule has 2 aliphatic heterocycles. The summed E-state index contributed by atoms with van der Waals surface area (Å²) in [6, 6.07) is 19.6. The molecule has 41 heavy (non-hydrogen) atoms. The van der Waals surface area contributed by atoms with Gasteiger partial charge in [-0.15, -0.1) is 0 Å². The molecule has 1 amide bonds. The van der Waals surface area contributed by atoms with Crippen molar-refractivity contribution in [2.45, 2.75) is 37.3 Å². The van der Waals surface area contributed by atoms with E-state index in [0.717, 1.165) is 30.9 Å². The summed E-state index contributed by atoms with van der Waals surface area (Å²) >= 11 is 0. The molecule has 0 spiro atoms. The number of piperidine rings is 2. The number of carbonyl (C=O) groups is 1. The van der Waals surface area contributed by atoms with Gasteiger partial charge >= 0.3 is 0 Å². The minimum absolute atomic E-state index is 0.0660. The number of ether oxygens (including phenoxy) is 1. The van der Waals surface area contributed by atoms with Crippen molar-refractivity contribution in [2.24, 2.45) is 5.92 Å². The number of fused-ring (bicyclic) bond motifs is 1. The lowest BCUT2D eigenvalue weighted by atomic mass is 9.79. The Morgan fingerprint density at radius 2 is 1.78 bits per heavy atom. The first-order chi connectivity index (χ1) is 19.8. The first kappa shape index (κ1) is 27.2. The molecule has 2 saturated heterocycles. The van der Waals surface area contributed by atoms with E-state index in [4.69, 9.17) is 4.74 Å². The van der Waals surface area contributed by atoms with E-state index in [1.165, 1.54) is 16.5 Å². The van der Waals surface area contributed by atoms with Crippen molar-refractivity contribution < 1.29 is 14.6 Å². The summed E-state index contributed by atoms with van der Waals surface area (Å²) in [4.78, 5) is 35.9. The van der Waals surface area contributed by atoms with Crippen molar-refractivity contribution in [2.75, 3.05) is 40.3 Å². The molecule has 2 fully saturated rings. The number of hydrogen-bond acceptors (Lipinski definition) is 6. The molecule has 6 rings (SSSR count). The summed E-state index contributed by atoms with van der Waals surface area (Å²) in [5.74, 6) is 1.02. The fraction of sp³-hybridized carbons (Fsp3) is 0.406. The minimum atomic E-state index is -1.08. The molecule has 0 saturated carbocycles. The molecule has 4 aromatic rings. The van der Waals surface area contributed by atoms with Gasteiger partial charge in [0.1, 0.15) is 12.1 Å². The SMILES string of the molecule is COc1ccc(-n2ccc3c(=O)n(CC4(O)CCN(C(=O)[C@@H]5CCN(C)C[C@H]5c5ccccc5)CC4)cnc32)cc1. The van der Waals surface area contributed by atoms with Crippen molar-refractivity contribution >= 4 is 16.9 Å². The minimum Gasteiger partial charge on any atom is -0.497 e. The second-order valence-electron chi connectivity index (χ2n) is 11.5. The number of methoxy groups -OCH3 is 1. The Kier molecular flexibility index (Phi) is 7.40. The number of benzene rings is 2. The number of carbonyl (C=O) groups excluding carboxylic acids is 1. The molecule has 1 N–H and O–H groups in total. The van der Waals surface area contributed by atoms with Crippen molar-refractivity contribution in [3.05, 3.63) is 89.1 Å². The summed E-state index contributed by atoms with van der Waals surface area (Å²) in [5, 5.41) is 12.0. The highest BCUT2D eigenvalue weighted by Crippen LogP contribution is 2.35. The molecule has 0 unspecified atom stereocenters. The van der Waals surface area contributed by atoms with Gasteiger partial charge in [-0.05, 0) is 68.8 Å². The smallest absolute Gasteiger partial charge is 0.262 e. The van der Waals surface area contributed by atoms with Crippen LogP contribution in [0.1, 0.15) is 30.7 Å². The summed E-state index contributed by atoms with van der Waals surface area (Å²) in [6.45, 7) is 2.85. The first-order valence-electron chi connectivity index (χ1n) is 14.3. The second kappa shape index (κ2) is 11.1. The van der Waals surface area contributed by atoms with Crippen molar-refractivity contribution in [3.8, 4) is 11.4 Å². The highest BCUT2D eigenvalue weighted by Gasteiger charge is 2.40. The van der Waals surface area contributed by atoms with Crippen LogP contribution in [0.15, 0.2) is 78.0 Å². The van der Waals surface area contributed by atoms with Gasteiger partial charge in [-0.2, -0.15) is 0 Å². The Morgan fingerprint density at radius 1 is 1.05 bits per heavy atom. The molecule has 2 aromatic heterocycles. The van der Waals surface area contributed by atoms with Crippen molar-refractivity contribution in [3.63, 3.8) is 0 Å². The van der Waals surface area contributed by atoms with Crippen LogP contribution in [0.5, 0.6) is 5.75 Å². The van der Waals surface area contributed by atoms with Gasteiger partial charge in [-0.25, -0.2) is 4.98 Å². The molecule has 9 nitrogen and oxygen atoms in total. The zero-order valence-corrected chi connectivity index (χ0v) is 23.6. The van der Waals surface area contributed by atoms with Gasteiger partial charge < -0.3 is 24.2 Å². The van der Waals surface area contributed by atoms with E-state index in [2.05, 4.69) is 29.1 Å². The summed E-state index contributed by atoms with van der Waals surface area (Å²) in [5.41, 5.74) is 1.37. The number of likely N-dealkylation sites (N-methyl/N-ethyl adjacent to an activating group) is 1. The predicted octanol–water partition coefficient (Wildman–Crippen LogP) is 3.28. The van der Waals surface area contributed by atoms with Gasteiger partial charge in [-0.3, -0.25) is 14.2 Å². The van der Waals surface area contributed by atoms with Gasteiger partial charge in [0.05, 0.1) is 24.6 Å². The van der Waals surface area contributed by atoms with Crippen LogP contribution in [-0.4, -0.2) is 80.9 Å². The monoisotopic (exact) mass is 555 g/mol. The number of hydrogen-bond donors (Lipinski definition) is 1. The maximum Gasteiger partial charge on any atom is 0.262 e. The fourth-order valence-corrected chi connectivity index (χ4v) is 6.42. The molecule has 4 heterocycles. The summed E-state index contributed by atoms with van der Waals surface area (Å²) in [7, 11) is 3.73. The van der Waals surface area contributed by atoms with Gasteiger partial charge in [0.2, 0.25) is 5.91 Å². The predicted molar refractivity (Wildman–Crippen MR) is 157 cm³/mol. The van der Waals surface area contributed by atoms with Crippen molar-refractivity contribution in [1.82, 2.24) is 23.9 Å². The van der Waals surface area contributed by atoms with Crippen LogP contribution in [0.2, 0.25) is 0 Å². The zero-order valence-electron chi connectivity index (χ0n) is 23.6. The van der Waals surface area contributed by atoms with E-state index in [0.29, 0.717) is 37.0 Å². The molecule has 0 radical (unpaired) electrons. The maximum absolute atomic E-state index is 13.7. The van der Waals surface area contributed by atoms with Crippen LogP contribution in [0.4, 0.5) is 0 Å². The highest BCUT2D eigenvalue weighted by molar-refractivity contribution is 5.80. The molecular weight excluding hydrogens is 518 g/mol. The first-order valence-corrected chi connectivity index (χ1v) is 14.3. The van der Waals surface area contributed by atoms with Gasteiger partial charge in [0.15, 0.2) is 5.65 Å². The molecule has 2 aromatic carbocycles. The van der Waals surface area contributed by atoms with E-state index in [9.17, 15) is 14.7 Å². The number of likely N-dealkylation sites (tertiary alicyclic amines) is 2. The summed E-state index contributed by atoms with van der Waals surface area (Å²) in [6.07, 6.45) is 5.00. The second-order valence-corrected chi connectivity index (χ2v) is 11.5. The van der Waals surface area contributed by atoms with Crippen LogP contribution in [0.25, 0.3) is 16.7 Å². The number of nitrogens with zero attached hydrogens (tertiary/aromatic N) is 5. The zero-order chi connectivity index (χ0) is 28.6. The quantitative estimate of drug-likeness (QED) is 0.393. The molecular formula is C32H37N5O4. The highest BCUT2D eigenvalue weighted by atomic mass is 16.5. The lowest BCUT2D eigenvalue weighted by Gasteiger charge is -2.42. The van der Waals surface area contributed by atoms with Crippen LogP contribution >= 0.6 is 0 Å². The van der Waals surface area contributed by atoms with Crippen LogP contribution < -0.4 is 10.3 Å². The normalized spacial score (nSPS) is 21.2. The lowest BCUT2D eigenvalue weighted by molar-refractivity contribution is -0.142. The topological polar surface area (TPSA) is 92.8 Å². The Hall–Kier alpha value is -3.95. The van der Waals surface area contributed by atoms with E-state index in [1.807, 2.05) is 58.1 Å². The Labute approximate surface area is 239 Å². The average molecular weight is 556 g/mol. The number of amides is 1. The van der Waals surface area contributed by atoms with Gasteiger partial charge in [0, 0.05) is 43.4 Å². The molecule has 9 heteroatoms. The molecule has 0 aliphatic carbocycles. The number of aromatic nitrogens is 3. The lowest BCUT2D eigenvalue weighted by Crippen LogP contribution is -2.52. The van der Waals surface area contributed by atoms with E-state index >= 15 is 0 Å². The molecule has 0 bridgehead atoms. The molecule has 2 atom stereocenters. The van der Waals surface area contributed by atoms with E-state index in [-0.39, 0.29) is 29.8 Å². The van der Waals surface area contributed by atoms with Crippen molar-refractivity contribution in [1.29, 1.82) is 0 Å². The third-order valence-corrected chi connectivity index (χ3v) is 8.85. The summed E-state index contributed by atoms with van der Waals surface area (Å²) < 4.78 is 8.61. The third kappa shape index (κ3) is 5.39. The average Bonchev–Trinajstić information content (AvgIpc) is 3.44. The Bertz CT molecular complexity index is 1570. The molecule has 2 aliphatic rings. The van der Waals surface area contributed by atoms with E-state index < -0.39 is 5.60 Å². The standard InChI is InChI=1S/C32H37N5O4/c1-34-16-12-26(28(20-34)23-6-4-3-5-7-23)30(38)35-18-14-32(40,15-19-35)21-36-22-33-29-27(31(36)39)13-17-37(29)24-8-10-25(41-2)11-9-24/h3-11,13,17,22,26,28,40H,12,14-16,18-21H2,1-2H3/t26-,28+/m1/s1. The molecule has 214 valence electrons. The van der Waals surface area contributed by atoms with Crippen LogP contribution in [0.3, 0.4) is 0 Å². The fourth-order valence-electron chi connectivity index (χ4n) is 6.42. The maximum atomic E-state index is 13.7. The van der Waals surface area contributed by atoms with Gasteiger partial charge in [-0.1, -0.05) is 30.3 Å². The van der Waals surface area contributed by atoms with Crippen LogP contribution in [0, 0.1) is 5.92 Å². The Morgan fingerprint density at radius 3 is 2.49 bits per heavy atom. The largest absolute Gasteiger partial charge is 0.497 e. The number of aliphatic hydroxyl groups is 1. The number of rotatable bonds is 6.